The lowest BCUT2D eigenvalue weighted by Gasteiger charge is -2.31. The second-order valence-electron chi connectivity index (χ2n) is 6.51. The van der Waals surface area contributed by atoms with Gasteiger partial charge in [0.25, 0.3) is 0 Å². The van der Waals surface area contributed by atoms with Crippen LogP contribution in [0.25, 0.3) is 0 Å². The molecule has 110 valence electrons. The van der Waals surface area contributed by atoms with Gasteiger partial charge < -0.3 is 4.90 Å². The van der Waals surface area contributed by atoms with Gasteiger partial charge in [0.05, 0.1) is 0 Å². The third-order valence-electron chi connectivity index (χ3n) is 4.02. The molecule has 0 N–H and O–H groups in total. The van der Waals surface area contributed by atoms with Gasteiger partial charge in [-0.3, -0.25) is 4.79 Å². The minimum absolute atomic E-state index is 0.260. The molecule has 0 aromatic heterocycles. The SMILES string of the molecule is CCCCCCCCCC(=O)N1C=CC(C)(C)CC1. The van der Waals surface area contributed by atoms with Crippen LogP contribution in [0.5, 0.6) is 0 Å². The predicted molar refractivity (Wildman–Crippen MR) is 81.9 cm³/mol. The summed E-state index contributed by atoms with van der Waals surface area (Å²) in [4.78, 5) is 13.9. The van der Waals surface area contributed by atoms with Crippen LogP contribution in [0, 0.1) is 5.41 Å². The number of hydrogen-bond donors (Lipinski definition) is 0. The van der Waals surface area contributed by atoms with Crippen molar-refractivity contribution in [2.75, 3.05) is 6.54 Å². The summed E-state index contributed by atoms with van der Waals surface area (Å²) in [7, 11) is 0. The molecule has 0 aliphatic carbocycles. The van der Waals surface area contributed by atoms with E-state index < -0.39 is 0 Å². The summed E-state index contributed by atoms with van der Waals surface area (Å²) in [6, 6.07) is 0. The molecule has 0 aromatic rings. The molecule has 0 bridgehead atoms. The number of allylic oxidation sites excluding steroid dienone is 1. The van der Waals surface area contributed by atoms with Crippen molar-refractivity contribution in [3.05, 3.63) is 12.3 Å². The second-order valence-corrected chi connectivity index (χ2v) is 6.51. The first-order chi connectivity index (χ1) is 9.05. The fourth-order valence-electron chi connectivity index (χ4n) is 2.44. The topological polar surface area (TPSA) is 20.3 Å². The van der Waals surface area contributed by atoms with Crippen LogP contribution >= 0.6 is 0 Å². The molecule has 0 atom stereocenters. The van der Waals surface area contributed by atoms with Crippen molar-refractivity contribution in [2.24, 2.45) is 5.41 Å². The molecule has 2 nitrogen and oxygen atoms in total. The largest absolute Gasteiger partial charge is 0.319 e. The quantitative estimate of drug-likeness (QED) is 0.572. The molecule has 1 aliphatic heterocycles. The maximum absolute atomic E-state index is 12.0. The number of carbonyl (C=O) groups excluding carboxylic acids is 1. The zero-order chi connectivity index (χ0) is 14.1. The summed E-state index contributed by atoms with van der Waals surface area (Å²) in [6.07, 6.45) is 14.8. The Bertz CT molecular complexity index is 294. The molecule has 0 fully saturated rings. The summed E-state index contributed by atoms with van der Waals surface area (Å²) in [5.41, 5.74) is 0.260. The Labute approximate surface area is 119 Å². The monoisotopic (exact) mass is 265 g/mol. The van der Waals surface area contributed by atoms with Crippen molar-refractivity contribution in [2.45, 2.75) is 78.6 Å². The Morgan fingerprint density at radius 1 is 1.11 bits per heavy atom. The van der Waals surface area contributed by atoms with Gasteiger partial charge in [0, 0.05) is 19.2 Å². The molecule has 1 rings (SSSR count). The fourth-order valence-corrected chi connectivity index (χ4v) is 2.44. The van der Waals surface area contributed by atoms with Crippen molar-refractivity contribution >= 4 is 5.91 Å². The lowest BCUT2D eigenvalue weighted by molar-refractivity contribution is -0.129. The Kier molecular flexibility index (Phi) is 7.19. The maximum Gasteiger partial charge on any atom is 0.226 e. The normalized spacial score (nSPS) is 17.7. The Hall–Kier alpha value is -0.790. The Morgan fingerprint density at radius 3 is 2.32 bits per heavy atom. The molecular weight excluding hydrogens is 234 g/mol. The van der Waals surface area contributed by atoms with Crippen molar-refractivity contribution in [3.63, 3.8) is 0 Å². The molecule has 19 heavy (non-hydrogen) atoms. The van der Waals surface area contributed by atoms with Crippen LogP contribution in [0.3, 0.4) is 0 Å². The third kappa shape index (κ3) is 6.79. The average molecular weight is 265 g/mol. The summed E-state index contributed by atoms with van der Waals surface area (Å²) in [6.45, 7) is 7.58. The number of rotatable bonds is 8. The van der Waals surface area contributed by atoms with Crippen LogP contribution in [-0.4, -0.2) is 17.4 Å². The molecule has 1 aliphatic rings. The number of amides is 1. The van der Waals surface area contributed by atoms with Gasteiger partial charge in [-0.05, 0) is 18.3 Å². The highest BCUT2D eigenvalue weighted by molar-refractivity contribution is 5.77. The number of hydrogen-bond acceptors (Lipinski definition) is 1. The molecular formula is C17H31NO. The Morgan fingerprint density at radius 2 is 1.74 bits per heavy atom. The van der Waals surface area contributed by atoms with Crippen LogP contribution in [0.15, 0.2) is 12.3 Å². The van der Waals surface area contributed by atoms with E-state index in [9.17, 15) is 4.79 Å². The molecule has 1 heterocycles. The average Bonchev–Trinajstić information content (AvgIpc) is 2.37. The van der Waals surface area contributed by atoms with Crippen LogP contribution in [0.4, 0.5) is 0 Å². The van der Waals surface area contributed by atoms with Crippen molar-refractivity contribution in [1.82, 2.24) is 4.90 Å². The first-order valence-electron chi connectivity index (χ1n) is 8.04. The minimum atomic E-state index is 0.260. The highest BCUT2D eigenvalue weighted by Crippen LogP contribution is 2.27. The molecule has 0 aromatic carbocycles. The minimum Gasteiger partial charge on any atom is -0.319 e. The van der Waals surface area contributed by atoms with E-state index in [1.165, 1.54) is 38.5 Å². The Balaban J connectivity index is 2.09. The number of carbonyl (C=O) groups is 1. The molecule has 2 heteroatoms. The predicted octanol–water partition coefficient (Wildman–Crippen LogP) is 4.90. The smallest absolute Gasteiger partial charge is 0.226 e. The van der Waals surface area contributed by atoms with E-state index in [0.717, 1.165) is 25.8 Å². The molecule has 1 amide bonds. The summed E-state index contributed by atoms with van der Waals surface area (Å²) >= 11 is 0. The maximum atomic E-state index is 12.0. The van der Waals surface area contributed by atoms with Gasteiger partial charge in [-0.25, -0.2) is 0 Å². The molecule has 0 saturated carbocycles. The van der Waals surface area contributed by atoms with E-state index >= 15 is 0 Å². The van der Waals surface area contributed by atoms with Crippen LogP contribution in [0.2, 0.25) is 0 Å². The second kappa shape index (κ2) is 8.39. The standard InChI is InChI=1S/C17H31NO/c1-4-5-6-7-8-9-10-11-16(19)18-14-12-17(2,3)13-15-18/h12,14H,4-11,13,15H2,1-3H3. The van der Waals surface area contributed by atoms with Crippen LogP contribution < -0.4 is 0 Å². The molecule has 0 radical (unpaired) electrons. The van der Waals surface area contributed by atoms with Gasteiger partial charge >= 0.3 is 0 Å². The van der Waals surface area contributed by atoms with Gasteiger partial charge in [0.15, 0.2) is 0 Å². The van der Waals surface area contributed by atoms with Gasteiger partial charge in [-0.15, -0.1) is 0 Å². The van der Waals surface area contributed by atoms with Gasteiger partial charge in [-0.2, -0.15) is 0 Å². The zero-order valence-corrected chi connectivity index (χ0v) is 13.1. The number of nitrogens with zero attached hydrogens (tertiary/aromatic N) is 1. The highest BCUT2D eigenvalue weighted by atomic mass is 16.2. The van der Waals surface area contributed by atoms with E-state index in [2.05, 4.69) is 26.8 Å². The van der Waals surface area contributed by atoms with Crippen molar-refractivity contribution in [1.29, 1.82) is 0 Å². The number of unbranched alkanes of at least 4 members (excludes halogenated alkanes) is 6. The van der Waals surface area contributed by atoms with Crippen molar-refractivity contribution in [3.8, 4) is 0 Å². The zero-order valence-electron chi connectivity index (χ0n) is 13.1. The van der Waals surface area contributed by atoms with Gasteiger partial charge in [0.2, 0.25) is 5.91 Å². The van der Waals surface area contributed by atoms with E-state index in [1.807, 2.05) is 11.1 Å². The van der Waals surface area contributed by atoms with E-state index in [1.54, 1.807) is 0 Å². The third-order valence-corrected chi connectivity index (χ3v) is 4.02. The molecule has 0 saturated heterocycles. The van der Waals surface area contributed by atoms with E-state index in [0.29, 0.717) is 5.91 Å². The van der Waals surface area contributed by atoms with Gasteiger partial charge in [0.1, 0.15) is 0 Å². The lowest BCUT2D eigenvalue weighted by atomic mass is 9.87. The van der Waals surface area contributed by atoms with Gasteiger partial charge in [-0.1, -0.05) is 65.4 Å². The summed E-state index contributed by atoms with van der Waals surface area (Å²) in [5.74, 6) is 0.306. The van der Waals surface area contributed by atoms with Crippen LogP contribution in [-0.2, 0) is 4.79 Å². The molecule has 0 spiro atoms. The van der Waals surface area contributed by atoms with Crippen molar-refractivity contribution < 1.29 is 4.79 Å². The molecule has 0 unspecified atom stereocenters. The summed E-state index contributed by atoms with van der Waals surface area (Å²) in [5, 5.41) is 0. The highest BCUT2D eigenvalue weighted by Gasteiger charge is 2.22. The first kappa shape index (κ1) is 16.3. The lowest BCUT2D eigenvalue weighted by Crippen LogP contribution is -2.33. The first-order valence-corrected chi connectivity index (χ1v) is 8.04. The fraction of sp³-hybridized carbons (Fsp3) is 0.824. The summed E-state index contributed by atoms with van der Waals surface area (Å²) < 4.78 is 0. The van der Waals surface area contributed by atoms with Crippen LogP contribution in [0.1, 0.15) is 78.6 Å². The van der Waals surface area contributed by atoms with E-state index in [-0.39, 0.29) is 5.41 Å². The van der Waals surface area contributed by atoms with E-state index in [4.69, 9.17) is 0 Å².